The number of ketones is 1. The number of nitrogens with one attached hydrogen (secondary N) is 1. The van der Waals surface area contributed by atoms with Gasteiger partial charge in [-0.3, -0.25) is 9.69 Å². The van der Waals surface area contributed by atoms with Gasteiger partial charge in [-0.15, -0.1) is 0 Å². The molecule has 16 heavy (non-hydrogen) atoms. The molecule has 6 nitrogen and oxygen atoms in total. The van der Waals surface area contributed by atoms with Crippen LogP contribution in [0, 0.1) is 0 Å². The first kappa shape index (κ1) is 11.3. The van der Waals surface area contributed by atoms with E-state index in [1.165, 1.54) is 11.8 Å². The van der Waals surface area contributed by atoms with E-state index in [4.69, 9.17) is 9.84 Å². The number of hydrogen-bond donors (Lipinski definition) is 2. The molecule has 2 aliphatic heterocycles. The highest BCUT2D eigenvalue weighted by Crippen LogP contribution is 2.24. The van der Waals surface area contributed by atoms with Crippen molar-refractivity contribution in [1.82, 2.24) is 10.2 Å². The molecule has 2 amide bonds. The van der Waals surface area contributed by atoms with Crippen molar-refractivity contribution >= 4 is 11.8 Å². The molecule has 0 aliphatic carbocycles. The molecule has 0 saturated carbocycles. The highest BCUT2D eigenvalue weighted by Gasteiger charge is 2.39. The van der Waals surface area contributed by atoms with E-state index in [1.807, 2.05) is 0 Å². The van der Waals surface area contributed by atoms with Crippen LogP contribution in [0.4, 0.5) is 4.79 Å². The van der Waals surface area contributed by atoms with E-state index in [0.717, 1.165) is 6.42 Å². The van der Waals surface area contributed by atoms with Crippen molar-refractivity contribution < 1.29 is 19.4 Å². The SMILES string of the molecule is CC(=O)C1CN([C@H]2CC[C@@H](CO)O2)C(=O)N1. The van der Waals surface area contributed by atoms with Crippen molar-refractivity contribution in [1.29, 1.82) is 0 Å². The third-order valence-electron chi connectivity index (χ3n) is 3.06. The quantitative estimate of drug-likeness (QED) is 0.680. The van der Waals surface area contributed by atoms with Crippen LogP contribution in [-0.2, 0) is 9.53 Å². The number of urea groups is 1. The lowest BCUT2D eigenvalue weighted by Gasteiger charge is -2.22. The lowest BCUT2D eigenvalue weighted by molar-refractivity contribution is -0.118. The molecule has 3 atom stereocenters. The van der Waals surface area contributed by atoms with Gasteiger partial charge < -0.3 is 15.2 Å². The number of nitrogens with zero attached hydrogens (tertiary/aromatic N) is 1. The molecule has 90 valence electrons. The van der Waals surface area contributed by atoms with E-state index < -0.39 is 6.04 Å². The maximum atomic E-state index is 11.6. The summed E-state index contributed by atoms with van der Waals surface area (Å²) in [6.07, 6.45) is 0.967. The van der Waals surface area contributed by atoms with E-state index >= 15 is 0 Å². The maximum absolute atomic E-state index is 11.6. The Morgan fingerprint density at radius 2 is 2.38 bits per heavy atom. The summed E-state index contributed by atoms with van der Waals surface area (Å²) < 4.78 is 5.50. The summed E-state index contributed by atoms with van der Waals surface area (Å²) in [5.74, 6) is -0.0486. The summed E-state index contributed by atoms with van der Waals surface area (Å²) >= 11 is 0. The Balaban J connectivity index is 1.96. The number of carbonyl (C=O) groups is 2. The monoisotopic (exact) mass is 228 g/mol. The molecule has 2 saturated heterocycles. The zero-order valence-corrected chi connectivity index (χ0v) is 9.18. The molecule has 2 heterocycles. The molecule has 2 fully saturated rings. The number of aliphatic hydroxyl groups is 1. The molecule has 6 heteroatoms. The van der Waals surface area contributed by atoms with Crippen LogP contribution >= 0.6 is 0 Å². The minimum Gasteiger partial charge on any atom is -0.394 e. The molecule has 0 spiro atoms. The van der Waals surface area contributed by atoms with Crippen molar-refractivity contribution in [3.8, 4) is 0 Å². The Hall–Kier alpha value is -1.14. The third kappa shape index (κ3) is 2.03. The van der Waals surface area contributed by atoms with Crippen molar-refractivity contribution in [2.45, 2.75) is 38.1 Å². The number of hydrogen-bond acceptors (Lipinski definition) is 4. The van der Waals surface area contributed by atoms with Gasteiger partial charge in [0.15, 0.2) is 5.78 Å². The van der Waals surface area contributed by atoms with Gasteiger partial charge in [0.2, 0.25) is 0 Å². The summed E-state index contributed by atoms with van der Waals surface area (Å²) in [4.78, 5) is 24.3. The van der Waals surface area contributed by atoms with Crippen molar-refractivity contribution in [2.75, 3.05) is 13.2 Å². The lowest BCUT2D eigenvalue weighted by atomic mass is 10.2. The average molecular weight is 228 g/mol. The zero-order valence-electron chi connectivity index (χ0n) is 9.18. The molecule has 2 aliphatic rings. The lowest BCUT2D eigenvalue weighted by Crippen LogP contribution is -2.38. The molecule has 2 N–H and O–H groups in total. The number of carbonyl (C=O) groups excluding carboxylic acids is 2. The predicted molar refractivity (Wildman–Crippen MR) is 54.7 cm³/mol. The summed E-state index contributed by atoms with van der Waals surface area (Å²) in [5, 5.41) is 11.5. The van der Waals surface area contributed by atoms with E-state index in [-0.39, 0.29) is 30.8 Å². The number of amides is 2. The van der Waals surface area contributed by atoms with Crippen molar-refractivity contribution in [2.24, 2.45) is 0 Å². The molecule has 0 aromatic heterocycles. The first-order valence-corrected chi connectivity index (χ1v) is 5.45. The Kier molecular flexibility index (Phi) is 3.11. The van der Waals surface area contributed by atoms with Gasteiger partial charge >= 0.3 is 6.03 Å². The van der Waals surface area contributed by atoms with Gasteiger partial charge in [0.05, 0.1) is 19.3 Å². The smallest absolute Gasteiger partial charge is 0.320 e. The summed E-state index contributed by atoms with van der Waals surface area (Å²) in [5.41, 5.74) is 0. The highest BCUT2D eigenvalue weighted by molar-refractivity contribution is 5.90. The number of ether oxygens (including phenoxy) is 1. The van der Waals surface area contributed by atoms with Gasteiger partial charge in [0, 0.05) is 0 Å². The Bertz CT molecular complexity index is 307. The molecule has 1 unspecified atom stereocenters. The Morgan fingerprint density at radius 1 is 1.62 bits per heavy atom. The fourth-order valence-electron chi connectivity index (χ4n) is 2.09. The maximum Gasteiger partial charge on any atom is 0.320 e. The highest BCUT2D eigenvalue weighted by atomic mass is 16.5. The summed E-state index contributed by atoms with van der Waals surface area (Å²) in [6.45, 7) is 1.79. The molecule has 0 aromatic rings. The van der Waals surface area contributed by atoms with Crippen molar-refractivity contribution in [3.05, 3.63) is 0 Å². The molecule has 0 radical (unpaired) electrons. The standard InChI is InChI=1S/C10H16N2O4/c1-6(14)8-4-12(10(15)11-8)9-3-2-7(5-13)16-9/h7-9,13H,2-5H2,1H3,(H,11,15)/t7-,8?,9+/m0/s1. The van der Waals surface area contributed by atoms with Gasteiger partial charge in [-0.2, -0.15) is 0 Å². The fraction of sp³-hybridized carbons (Fsp3) is 0.800. The van der Waals surface area contributed by atoms with Gasteiger partial charge in [0.1, 0.15) is 12.3 Å². The second-order valence-corrected chi connectivity index (χ2v) is 4.24. The third-order valence-corrected chi connectivity index (χ3v) is 3.06. The topological polar surface area (TPSA) is 78.9 Å². The Morgan fingerprint density at radius 3 is 2.88 bits per heavy atom. The van der Waals surface area contributed by atoms with Crippen LogP contribution in [0.15, 0.2) is 0 Å². The minimum absolute atomic E-state index is 0.0257. The van der Waals surface area contributed by atoms with E-state index in [2.05, 4.69) is 5.32 Å². The van der Waals surface area contributed by atoms with Crippen molar-refractivity contribution in [3.63, 3.8) is 0 Å². The fourth-order valence-corrected chi connectivity index (χ4v) is 2.09. The molecular weight excluding hydrogens is 212 g/mol. The van der Waals surface area contributed by atoms with Gasteiger partial charge in [0.25, 0.3) is 0 Å². The largest absolute Gasteiger partial charge is 0.394 e. The van der Waals surface area contributed by atoms with Crippen LogP contribution in [0.1, 0.15) is 19.8 Å². The van der Waals surface area contributed by atoms with Crippen LogP contribution < -0.4 is 5.32 Å². The first-order chi connectivity index (χ1) is 7.61. The molecular formula is C10H16N2O4. The molecule has 2 rings (SSSR count). The zero-order chi connectivity index (χ0) is 11.7. The second-order valence-electron chi connectivity index (χ2n) is 4.24. The van der Waals surface area contributed by atoms with Gasteiger partial charge in [-0.05, 0) is 19.8 Å². The second kappa shape index (κ2) is 4.39. The summed E-state index contributed by atoms with van der Waals surface area (Å²) in [7, 11) is 0. The van der Waals surface area contributed by atoms with Gasteiger partial charge in [-0.1, -0.05) is 0 Å². The van der Waals surface area contributed by atoms with Crippen LogP contribution in [0.2, 0.25) is 0 Å². The number of aliphatic hydroxyl groups excluding tert-OH is 1. The Labute approximate surface area is 93.6 Å². The minimum atomic E-state index is -0.427. The normalized spacial score (nSPS) is 34.2. The predicted octanol–water partition coefficient (Wildman–Crippen LogP) is -0.533. The van der Waals surface area contributed by atoms with Gasteiger partial charge in [-0.25, -0.2) is 4.79 Å². The molecule has 0 aromatic carbocycles. The number of Topliss-reactive ketones (excluding diaryl/α,β-unsaturated/α-hetero) is 1. The van der Waals surface area contributed by atoms with Crippen LogP contribution in [0.5, 0.6) is 0 Å². The molecule has 0 bridgehead atoms. The van der Waals surface area contributed by atoms with E-state index in [0.29, 0.717) is 13.0 Å². The van der Waals surface area contributed by atoms with Crippen LogP contribution in [0.25, 0.3) is 0 Å². The number of rotatable bonds is 3. The average Bonchev–Trinajstić information content (AvgIpc) is 2.83. The van der Waals surface area contributed by atoms with Crippen LogP contribution in [0.3, 0.4) is 0 Å². The first-order valence-electron chi connectivity index (χ1n) is 5.45. The van der Waals surface area contributed by atoms with E-state index in [9.17, 15) is 9.59 Å². The van der Waals surface area contributed by atoms with E-state index in [1.54, 1.807) is 0 Å². The van der Waals surface area contributed by atoms with Crippen LogP contribution in [-0.4, -0.2) is 53.3 Å². The summed E-state index contributed by atoms with van der Waals surface area (Å²) in [6, 6.07) is -0.687.